The minimum Gasteiger partial charge on any atom is -0.396 e. The molecule has 0 unspecified atom stereocenters. The van der Waals surface area contributed by atoms with Crippen LogP contribution in [0.15, 0.2) is 0 Å². The third kappa shape index (κ3) is 39.9. The molecular formula is C38H79NO2. The van der Waals surface area contributed by atoms with Crippen molar-refractivity contribution in [3.63, 3.8) is 0 Å². The Morgan fingerprint density at radius 1 is 0.195 bits per heavy atom. The van der Waals surface area contributed by atoms with Gasteiger partial charge >= 0.3 is 0 Å². The summed E-state index contributed by atoms with van der Waals surface area (Å²) in [6, 6.07) is 0. The summed E-state index contributed by atoms with van der Waals surface area (Å²) in [5.74, 6) is 0. The van der Waals surface area contributed by atoms with Crippen molar-refractivity contribution in [1.82, 2.24) is 5.32 Å². The van der Waals surface area contributed by atoms with E-state index in [4.69, 9.17) is 10.2 Å². The molecule has 41 heavy (non-hydrogen) atoms. The molecule has 0 spiro atoms. The van der Waals surface area contributed by atoms with Gasteiger partial charge < -0.3 is 15.5 Å². The minimum atomic E-state index is 0.369. The largest absolute Gasteiger partial charge is 0.396 e. The Labute approximate surface area is 259 Å². The van der Waals surface area contributed by atoms with E-state index in [9.17, 15) is 0 Å². The number of nitrogens with one attached hydrogen (secondary N) is 1. The van der Waals surface area contributed by atoms with Crippen LogP contribution in [0.1, 0.15) is 218 Å². The summed E-state index contributed by atoms with van der Waals surface area (Å²) in [4.78, 5) is 0. The van der Waals surface area contributed by atoms with Gasteiger partial charge in [-0.3, -0.25) is 0 Å². The highest BCUT2D eigenvalue weighted by Crippen LogP contribution is 2.15. The molecule has 0 aliphatic carbocycles. The van der Waals surface area contributed by atoms with E-state index in [1.165, 1.54) is 219 Å². The third-order valence-corrected chi connectivity index (χ3v) is 9.02. The second-order valence-corrected chi connectivity index (χ2v) is 13.2. The summed E-state index contributed by atoms with van der Waals surface area (Å²) in [6.45, 7) is 3.20. The molecule has 3 nitrogen and oxygen atoms in total. The molecule has 0 aromatic heterocycles. The van der Waals surface area contributed by atoms with Crippen molar-refractivity contribution >= 4 is 0 Å². The zero-order valence-corrected chi connectivity index (χ0v) is 28.3. The Hall–Kier alpha value is -0.120. The van der Waals surface area contributed by atoms with Crippen LogP contribution in [0.25, 0.3) is 0 Å². The maximum absolute atomic E-state index is 8.79. The number of aliphatic hydroxyl groups excluding tert-OH is 2. The summed E-state index contributed by atoms with van der Waals surface area (Å²) in [6.07, 6.45) is 47.1. The lowest BCUT2D eigenvalue weighted by molar-refractivity contribution is 0.282. The van der Waals surface area contributed by atoms with Crippen LogP contribution >= 0.6 is 0 Å². The molecule has 0 aromatic carbocycles. The average Bonchev–Trinajstić information content (AvgIpc) is 2.98. The van der Waals surface area contributed by atoms with Gasteiger partial charge in [0.05, 0.1) is 0 Å². The lowest BCUT2D eigenvalue weighted by Gasteiger charge is -2.06. The molecule has 3 heteroatoms. The van der Waals surface area contributed by atoms with Gasteiger partial charge in [-0.05, 0) is 38.8 Å². The Morgan fingerprint density at radius 3 is 0.512 bits per heavy atom. The fourth-order valence-corrected chi connectivity index (χ4v) is 6.15. The zero-order valence-electron chi connectivity index (χ0n) is 28.3. The molecule has 0 aliphatic rings. The van der Waals surface area contributed by atoms with Gasteiger partial charge in [0.1, 0.15) is 0 Å². The predicted molar refractivity (Wildman–Crippen MR) is 184 cm³/mol. The topological polar surface area (TPSA) is 52.5 Å². The molecule has 0 rings (SSSR count). The Bertz CT molecular complexity index is 392. The van der Waals surface area contributed by atoms with E-state index in [1.54, 1.807) is 0 Å². The van der Waals surface area contributed by atoms with Gasteiger partial charge in [0.25, 0.3) is 0 Å². The highest BCUT2D eigenvalue weighted by Gasteiger charge is 1.97. The lowest BCUT2D eigenvalue weighted by Crippen LogP contribution is -2.16. The van der Waals surface area contributed by atoms with Crippen molar-refractivity contribution in [3.05, 3.63) is 0 Å². The summed E-state index contributed by atoms with van der Waals surface area (Å²) in [5.41, 5.74) is 0. The fourth-order valence-electron chi connectivity index (χ4n) is 6.15. The molecule has 0 saturated carbocycles. The van der Waals surface area contributed by atoms with Crippen LogP contribution in [0.2, 0.25) is 0 Å². The van der Waals surface area contributed by atoms with Gasteiger partial charge in [0.15, 0.2) is 0 Å². The smallest absolute Gasteiger partial charge is 0.0431 e. The third-order valence-electron chi connectivity index (χ3n) is 9.02. The SMILES string of the molecule is OCCCCCCCCCCCCCCCCCCCCCCNCCCCCCCCCCCCCCCCO. The van der Waals surface area contributed by atoms with Gasteiger partial charge in [-0.25, -0.2) is 0 Å². The molecule has 0 atom stereocenters. The van der Waals surface area contributed by atoms with E-state index in [1.807, 2.05) is 0 Å². The van der Waals surface area contributed by atoms with E-state index in [2.05, 4.69) is 5.32 Å². The minimum absolute atomic E-state index is 0.369. The first-order valence-electron chi connectivity index (χ1n) is 19.3. The summed E-state index contributed by atoms with van der Waals surface area (Å²) >= 11 is 0. The van der Waals surface area contributed by atoms with Crippen LogP contribution in [0.5, 0.6) is 0 Å². The second kappa shape index (κ2) is 39.9. The molecule has 0 amide bonds. The average molecular weight is 582 g/mol. The Kier molecular flexibility index (Phi) is 39.8. The van der Waals surface area contributed by atoms with Gasteiger partial charge in [-0.15, -0.1) is 0 Å². The molecule has 0 heterocycles. The molecule has 0 aliphatic heterocycles. The van der Waals surface area contributed by atoms with E-state index < -0.39 is 0 Å². The highest BCUT2D eigenvalue weighted by atomic mass is 16.3. The number of aliphatic hydroxyl groups is 2. The first kappa shape index (κ1) is 40.9. The second-order valence-electron chi connectivity index (χ2n) is 13.2. The van der Waals surface area contributed by atoms with Crippen LogP contribution in [-0.4, -0.2) is 36.5 Å². The van der Waals surface area contributed by atoms with Crippen molar-refractivity contribution < 1.29 is 10.2 Å². The van der Waals surface area contributed by atoms with Crippen LogP contribution in [0.4, 0.5) is 0 Å². The van der Waals surface area contributed by atoms with Crippen molar-refractivity contribution in [3.8, 4) is 0 Å². The number of hydrogen-bond acceptors (Lipinski definition) is 3. The monoisotopic (exact) mass is 582 g/mol. The molecule has 0 bridgehead atoms. The molecule has 248 valence electrons. The highest BCUT2D eigenvalue weighted by molar-refractivity contribution is 4.54. The maximum atomic E-state index is 8.79. The van der Waals surface area contributed by atoms with Gasteiger partial charge in [0, 0.05) is 13.2 Å². The molecule has 0 saturated heterocycles. The van der Waals surface area contributed by atoms with E-state index in [0.717, 1.165) is 12.8 Å². The standard InChI is InChI=1S/C38H79NO2/c40-37-33-29-25-21-17-13-9-6-4-2-1-3-5-7-11-15-19-23-27-31-35-39-36-32-28-24-20-16-12-8-10-14-18-22-26-30-34-38-41/h39-41H,1-38H2. The quantitative estimate of drug-likeness (QED) is 0.0635. The molecular weight excluding hydrogens is 502 g/mol. The van der Waals surface area contributed by atoms with Crippen LogP contribution in [0.3, 0.4) is 0 Å². The number of hydrogen-bond donors (Lipinski definition) is 3. The van der Waals surface area contributed by atoms with Crippen LogP contribution < -0.4 is 5.32 Å². The van der Waals surface area contributed by atoms with Gasteiger partial charge in [-0.1, -0.05) is 193 Å². The Balaban J connectivity index is 3.02. The first-order chi connectivity index (χ1) is 20.4. The fraction of sp³-hybridized carbons (Fsp3) is 1.00. The van der Waals surface area contributed by atoms with E-state index >= 15 is 0 Å². The lowest BCUT2D eigenvalue weighted by atomic mass is 10.0. The van der Waals surface area contributed by atoms with Crippen molar-refractivity contribution in [2.75, 3.05) is 26.3 Å². The number of unbranched alkanes of at least 4 members (excludes halogenated alkanes) is 32. The Morgan fingerprint density at radius 2 is 0.341 bits per heavy atom. The van der Waals surface area contributed by atoms with Gasteiger partial charge in [0.2, 0.25) is 0 Å². The summed E-state index contributed by atoms with van der Waals surface area (Å²) < 4.78 is 0. The van der Waals surface area contributed by atoms with E-state index in [0.29, 0.717) is 13.2 Å². The van der Waals surface area contributed by atoms with Crippen molar-refractivity contribution in [2.45, 2.75) is 218 Å². The molecule has 0 fully saturated rings. The van der Waals surface area contributed by atoms with Crippen LogP contribution in [0, 0.1) is 0 Å². The van der Waals surface area contributed by atoms with Crippen molar-refractivity contribution in [2.24, 2.45) is 0 Å². The van der Waals surface area contributed by atoms with E-state index in [-0.39, 0.29) is 0 Å². The predicted octanol–water partition coefficient (Wildman–Crippen LogP) is 11.8. The first-order valence-corrected chi connectivity index (χ1v) is 19.3. The summed E-state index contributed by atoms with van der Waals surface area (Å²) in [7, 11) is 0. The van der Waals surface area contributed by atoms with Crippen LogP contribution in [-0.2, 0) is 0 Å². The van der Waals surface area contributed by atoms with Gasteiger partial charge in [-0.2, -0.15) is 0 Å². The maximum Gasteiger partial charge on any atom is 0.0431 e. The molecule has 0 radical (unpaired) electrons. The normalized spacial score (nSPS) is 11.6. The molecule has 0 aromatic rings. The zero-order chi connectivity index (χ0) is 29.6. The molecule has 3 N–H and O–H groups in total. The van der Waals surface area contributed by atoms with Crippen molar-refractivity contribution in [1.29, 1.82) is 0 Å². The number of rotatable bonds is 38. The summed E-state index contributed by atoms with van der Waals surface area (Å²) in [5, 5.41) is 21.3.